The molecule has 2 heterocycles. The van der Waals surface area contributed by atoms with Crippen LogP contribution < -0.4 is 11.1 Å². The van der Waals surface area contributed by atoms with E-state index in [1.165, 1.54) is 6.20 Å². The van der Waals surface area contributed by atoms with Gasteiger partial charge >= 0.3 is 0 Å². The smallest absolute Gasteiger partial charge is 0.244 e. The van der Waals surface area contributed by atoms with Crippen molar-refractivity contribution in [1.29, 1.82) is 0 Å². The molecule has 2 rings (SSSR count). The van der Waals surface area contributed by atoms with Gasteiger partial charge in [-0.1, -0.05) is 12.2 Å². The third-order valence-corrected chi connectivity index (χ3v) is 3.35. The Morgan fingerprint density at radius 1 is 1.53 bits per heavy atom. The maximum atomic E-state index is 12.2. The largest absolute Gasteiger partial charge is 0.389 e. The molecule has 19 heavy (non-hydrogen) atoms. The summed E-state index contributed by atoms with van der Waals surface area (Å²) < 4.78 is 0. The molecule has 0 bridgehead atoms. The minimum absolute atomic E-state index is 0.0667. The lowest BCUT2D eigenvalue weighted by atomic mass is 10.2. The van der Waals surface area contributed by atoms with Gasteiger partial charge in [-0.05, 0) is 25.8 Å². The SMILES string of the molecule is CC(Nc1nnccc1C(N)=S)C(=O)N1CCCC1. The third kappa shape index (κ3) is 3.17. The van der Waals surface area contributed by atoms with Crippen LogP contribution in [0.5, 0.6) is 0 Å². The summed E-state index contributed by atoms with van der Waals surface area (Å²) in [6, 6.07) is 1.31. The Labute approximate surface area is 117 Å². The summed E-state index contributed by atoms with van der Waals surface area (Å²) >= 11 is 4.95. The zero-order chi connectivity index (χ0) is 13.8. The van der Waals surface area contributed by atoms with Crippen molar-refractivity contribution >= 4 is 28.9 Å². The number of hydrogen-bond donors (Lipinski definition) is 2. The van der Waals surface area contributed by atoms with Gasteiger partial charge in [-0.2, -0.15) is 5.10 Å². The minimum atomic E-state index is -0.372. The fraction of sp³-hybridized carbons (Fsp3) is 0.500. The van der Waals surface area contributed by atoms with Crippen molar-refractivity contribution in [3.63, 3.8) is 0 Å². The molecule has 0 saturated carbocycles. The predicted molar refractivity (Wildman–Crippen MR) is 76.8 cm³/mol. The van der Waals surface area contributed by atoms with Crippen LogP contribution >= 0.6 is 12.2 Å². The van der Waals surface area contributed by atoms with E-state index in [0.717, 1.165) is 25.9 Å². The number of nitrogens with two attached hydrogens (primary N) is 1. The van der Waals surface area contributed by atoms with Crippen molar-refractivity contribution in [3.8, 4) is 0 Å². The summed E-state index contributed by atoms with van der Waals surface area (Å²) in [4.78, 5) is 14.3. The van der Waals surface area contributed by atoms with Gasteiger partial charge in [0.2, 0.25) is 5.91 Å². The van der Waals surface area contributed by atoms with Crippen LogP contribution in [-0.2, 0) is 4.79 Å². The molecular weight excluding hydrogens is 262 g/mol. The van der Waals surface area contributed by atoms with E-state index in [-0.39, 0.29) is 16.9 Å². The number of carbonyl (C=O) groups is 1. The first-order valence-corrected chi connectivity index (χ1v) is 6.67. The summed E-state index contributed by atoms with van der Waals surface area (Å²) in [5.41, 5.74) is 6.22. The highest BCUT2D eigenvalue weighted by molar-refractivity contribution is 7.80. The maximum absolute atomic E-state index is 12.2. The molecule has 102 valence electrons. The molecule has 1 fully saturated rings. The van der Waals surface area contributed by atoms with Crippen LogP contribution in [-0.4, -0.2) is 45.1 Å². The topological polar surface area (TPSA) is 84.1 Å². The number of nitrogens with zero attached hydrogens (tertiary/aromatic N) is 3. The lowest BCUT2D eigenvalue weighted by Gasteiger charge is -2.21. The van der Waals surface area contributed by atoms with Crippen LogP contribution in [0.25, 0.3) is 0 Å². The Kier molecular flexibility index (Phi) is 4.26. The van der Waals surface area contributed by atoms with Crippen molar-refractivity contribution in [1.82, 2.24) is 15.1 Å². The summed E-state index contributed by atoms with van der Waals surface area (Å²) in [6.45, 7) is 3.46. The maximum Gasteiger partial charge on any atom is 0.244 e. The number of aromatic nitrogens is 2. The molecule has 1 aromatic rings. The van der Waals surface area contributed by atoms with Crippen molar-refractivity contribution in [3.05, 3.63) is 17.8 Å². The van der Waals surface area contributed by atoms with Crippen molar-refractivity contribution in [2.24, 2.45) is 5.73 Å². The highest BCUT2D eigenvalue weighted by Gasteiger charge is 2.24. The van der Waals surface area contributed by atoms with E-state index < -0.39 is 0 Å². The van der Waals surface area contributed by atoms with E-state index in [0.29, 0.717) is 11.4 Å². The highest BCUT2D eigenvalue weighted by atomic mass is 32.1. The first-order valence-electron chi connectivity index (χ1n) is 6.26. The van der Waals surface area contributed by atoms with E-state index in [1.807, 2.05) is 4.90 Å². The average Bonchev–Trinajstić information content (AvgIpc) is 2.92. The summed E-state index contributed by atoms with van der Waals surface area (Å²) in [5, 5.41) is 10.8. The van der Waals surface area contributed by atoms with Gasteiger partial charge in [-0.3, -0.25) is 4.79 Å². The molecule has 1 amide bonds. The monoisotopic (exact) mass is 279 g/mol. The summed E-state index contributed by atoms with van der Waals surface area (Å²) in [7, 11) is 0. The van der Waals surface area contributed by atoms with Gasteiger partial charge in [0, 0.05) is 13.1 Å². The van der Waals surface area contributed by atoms with Gasteiger partial charge in [-0.25, -0.2) is 0 Å². The first kappa shape index (κ1) is 13.7. The molecule has 1 aromatic heterocycles. The van der Waals surface area contributed by atoms with Crippen LogP contribution in [0, 0.1) is 0 Å². The van der Waals surface area contributed by atoms with Crippen LogP contribution in [0.2, 0.25) is 0 Å². The molecule has 1 aliphatic rings. The Hall–Kier alpha value is -1.76. The number of thiocarbonyl (C=S) groups is 1. The number of rotatable bonds is 4. The van der Waals surface area contributed by atoms with Crippen LogP contribution in [0.15, 0.2) is 12.3 Å². The van der Waals surface area contributed by atoms with Gasteiger partial charge in [0.05, 0.1) is 11.8 Å². The molecular formula is C12H17N5OS. The normalized spacial score (nSPS) is 16.2. The molecule has 0 aliphatic carbocycles. The number of amides is 1. The quantitative estimate of drug-likeness (QED) is 0.782. The molecule has 0 aromatic carbocycles. The van der Waals surface area contributed by atoms with Gasteiger partial charge in [0.1, 0.15) is 11.0 Å². The molecule has 7 heteroatoms. The van der Waals surface area contributed by atoms with E-state index in [4.69, 9.17) is 18.0 Å². The minimum Gasteiger partial charge on any atom is -0.389 e. The second-order valence-corrected chi connectivity index (χ2v) is 5.00. The molecule has 3 N–H and O–H groups in total. The molecule has 1 aliphatic heterocycles. The Morgan fingerprint density at radius 3 is 2.84 bits per heavy atom. The second kappa shape index (κ2) is 5.92. The van der Waals surface area contributed by atoms with Crippen LogP contribution in [0.3, 0.4) is 0 Å². The molecule has 6 nitrogen and oxygen atoms in total. The summed E-state index contributed by atoms with van der Waals surface area (Å²) in [5.74, 6) is 0.520. The fourth-order valence-electron chi connectivity index (χ4n) is 2.12. The number of anilines is 1. The fourth-order valence-corrected chi connectivity index (χ4v) is 2.28. The van der Waals surface area contributed by atoms with Crippen molar-refractivity contribution in [2.45, 2.75) is 25.8 Å². The van der Waals surface area contributed by atoms with E-state index in [1.54, 1.807) is 13.0 Å². The lowest BCUT2D eigenvalue weighted by molar-refractivity contribution is -0.130. The Balaban J connectivity index is 2.08. The van der Waals surface area contributed by atoms with Crippen LogP contribution in [0.4, 0.5) is 5.82 Å². The molecule has 1 saturated heterocycles. The van der Waals surface area contributed by atoms with E-state index >= 15 is 0 Å². The van der Waals surface area contributed by atoms with E-state index in [9.17, 15) is 4.79 Å². The third-order valence-electron chi connectivity index (χ3n) is 3.13. The lowest BCUT2D eigenvalue weighted by Crippen LogP contribution is -2.40. The Morgan fingerprint density at radius 2 is 2.21 bits per heavy atom. The Bertz CT molecular complexity index is 487. The van der Waals surface area contributed by atoms with Crippen LogP contribution in [0.1, 0.15) is 25.3 Å². The number of nitrogens with one attached hydrogen (secondary N) is 1. The highest BCUT2D eigenvalue weighted by Crippen LogP contribution is 2.14. The molecule has 0 radical (unpaired) electrons. The average molecular weight is 279 g/mol. The standard InChI is InChI=1S/C12H17N5OS/c1-8(12(18)17-6-2-3-7-17)15-11-9(10(13)19)4-5-14-16-11/h4-5,8H,2-3,6-7H2,1H3,(H2,13,19)(H,15,16). The number of carbonyl (C=O) groups excluding carboxylic acids is 1. The molecule has 1 unspecified atom stereocenters. The van der Waals surface area contributed by atoms with Crippen molar-refractivity contribution in [2.75, 3.05) is 18.4 Å². The number of hydrogen-bond acceptors (Lipinski definition) is 5. The van der Waals surface area contributed by atoms with Gasteiger partial charge in [0.25, 0.3) is 0 Å². The second-order valence-electron chi connectivity index (χ2n) is 4.56. The summed E-state index contributed by atoms with van der Waals surface area (Å²) in [6.07, 6.45) is 3.66. The number of likely N-dealkylation sites (tertiary alicyclic amines) is 1. The molecule has 1 atom stereocenters. The van der Waals surface area contributed by atoms with Gasteiger partial charge in [-0.15, -0.1) is 5.10 Å². The zero-order valence-electron chi connectivity index (χ0n) is 10.8. The van der Waals surface area contributed by atoms with E-state index in [2.05, 4.69) is 15.5 Å². The first-order chi connectivity index (χ1) is 9.09. The molecule has 0 spiro atoms. The van der Waals surface area contributed by atoms with Gasteiger partial charge < -0.3 is 16.0 Å². The van der Waals surface area contributed by atoms with Gasteiger partial charge in [0.15, 0.2) is 5.82 Å². The predicted octanol–water partition coefficient (Wildman–Crippen LogP) is 0.534. The zero-order valence-corrected chi connectivity index (χ0v) is 11.6. The van der Waals surface area contributed by atoms with Crippen molar-refractivity contribution < 1.29 is 4.79 Å².